The summed E-state index contributed by atoms with van der Waals surface area (Å²) in [6.45, 7) is 9.51. The minimum atomic E-state index is -0.406. The van der Waals surface area contributed by atoms with Gasteiger partial charge >= 0.3 is 11.9 Å². The first kappa shape index (κ1) is 21.9. The maximum absolute atomic E-state index is 13.0. The molecule has 0 N–H and O–H groups in total. The average Bonchev–Trinajstić information content (AvgIpc) is 3.31. The van der Waals surface area contributed by atoms with Crippen LogP contribution in [0.4, 0.5) is 0 Å². The van der Waals surface area contributed by atoms with E-state index >= 15 is 0 Å². The SMILES string of the molecule is CC(=O)OCC(=O)[C@H]1CC[C@H]2[C@@H]3CC=C4C=C(OC(C)=O)CC(C)[C@]4(C)[C@]34OC4C[C@]12C. The van der Waals surface area contributed by atoms with E-state index in [1.807, 2.05) is 0 Å². The molecule has 0 aromatic rings. The zero-order chi connectivity index (χ0) is 23.1. The minimum absolute atomic E-state index is 0.0524. The third kappa shape index (κ3) is 2.77. The molecule has 6 heteroatoms. The number of carbonyl (C=O) groups excluding carboxylic acids is 3. The summed E-state index contributed by atoms with van der Waals surface area (Å²) >= 11 is 0. The van der Waals surface area contributed by atoms with E-state index in [4.69, 9.17) is 14.2 Å². The Balaban J connectivity index is 1.46. The highest BCUT2D eigenvalue weighted by molar-refractivity contribution is 5.85. The van der Waals surface area contributed by atoms with Crippen LogP contribution in [0.3, 0.4) is 0 Å². The number of fused-ring (bicyclic) bond motifs is 3. The van der Waals surface area contributed by atoms with Crippen LogP contribution in [0.15, 0.2) is 23.5 Å². The Morgan fingerprint density at radius 2 is 1.88 bits per heavy atom. The van der Waals surface area contributed by atoms with Gasteiger partial charge < -0.3 is 14.2 Å². The van der Waals surface area contributed by atoms with E-state index in [1.54, 1.807) is 0 Å². The highest BCUT2D eigenvalue weighted by atomic mass is 16.6. The zero-order valence-electron chi connectivity index (χ0n) is 19.7. The minimum Gasteiger partial charge on any atom is -0.458 e. The van der Waals surface area contributed by atoms with Crippen molar-refractivity contribution in [1.29, 1.82) is 0 Å². The summed E-state index contributed by atoms with van der Waals surface area (Å²) in [6.07, 6.45) is 8.92. The number of hydrogen-bond donors (Lipinski definition) is 0. The Kier molecular flexibility index (Phi) is 4.80. The summed E-state index contributed by atoms with van der Waals surface area (Å²) < 4.78 is 17.2. The molecule has 1 heterocycles. The van der Waals surface area contributed by atoms with Crippen LogP contribution in [0, 0.1) is 34.5 Å². The predicted octanol–water partition coefficient (Wildman–Crippen LogP) is 4.13. The summed E-state index contributed by atoms with van der Waals surface area (Å²) in [7, 11) is 0. The van der Waals surface area contributed by atoms with Crippen LogP contribution in [0.5, 0.6) is 0 Å². The molecule has 6 nitrogen and oxygen atoms in total. The third-order valence-electron chi connectivity index (χ3n) is 9.72. The van der Waals surface area contributed by atoms with Crippen LogP contribution >= 0.6 is 0 Å². The summed E-state index contributed by atoms with van der Waals surface area (Å²) in [6, 6.07) is 0. The number of hydrogen-bond acceptors (Lipinski definition) is 6. The van der Waals surface area contributed by atoms with Crippen molar-refractivity contribution in [2.45, 2.75) is 78.4 Å². The molecule has 32 heavy (non-hydrogen) atoms. The standard InChI is InChI=1S/C26H34O6/c1-14-10-18(31-16(3)28)11-17-6-7-20-19-8-9-21(22(29)13-30-15(2)27)24(19,4)12-23-26(20,32-23)25(14,17)5/h6,11,14,19-21,23H,7-10,12-13H2,1-5H3/t14?,19-,20-,21+,23?,24-,25-,26-/m0/s1. The Bertz CT molecular complexity index is 948. The van der Waals surface area contributed by atoms with E-state index in [9.17, 15) is 14.4 Å². The molecule has 1 saturated heterocycles. The lowest BCUT2D eigenvalue weighted by atomic mass is 9.45. The number of epoxide rings is 1. The Hall–Kier alpha value is -1.95. The van der Waals surface area contributed by atoms with E-state index in [0.29, 0.717) is 11.8 Å². The normalized spacial score (nSPS) is 45.8. The largest absolute Gasteiger partial charge is 0.458 e. The molecule has 1 spiro atoms. The fourth-order valence-corrected chi connectivity index (χ4v) is 8.19. The topological polar surface area (TPSA) is 82.2 Å². The van der Waals surface area contributed by atoms with Gasteiger partial charge in [-0.1, -0.05) is 26.8 Å². The summed E-state index contributed by atoms with van der Waals surface area (Å²) in [5.74, 6) is 1.11. The quantitative estimate of drug-likeness (QED) is 0.481. The summed E-state index contributed by atoms with van der Waals surface area (Å²) in [5.41, 5.74) is 0.776. The van der Waals surface area contributed by atoms with Crippen LogP contribution in [0.2, 0.25) is 0 Å². The summed E-state index contributed by atoms with van der Waals surface area (Å²) in [4.78, 5) is 35.7. The Labute approximate surface area is 189 Å². The third-order valence-corrected chi connectivity index (χ3v) is 9.72. The second-order valence-corrected chi connectivity index (χ2v) is 11.1. The molecule has 4 aliphatic carbocycles. The van der Waals surface area contributed by atoms with Crippen molar-refractivity contribution in [1.82, 2.24) is 0 Å². The average molecular weight is 443 g/mol. The molecule has 8 atom stereocenters. The number of esters is 2. The van der Waals surface area contributed by atoms with Crippen molar-refractivity contribution in [3.8, 4) is 0 Å². The van der Waals surface area contributed by atoms with Crippen molar-refractivity contribution in [3.63, 3.8) is 0 Å². The molecule has 3 fully saturated rings. The maximum Gasteiger partial charge on any atom is 0.307 e. The van der Waals surface area contributed by atoms with Gasteiger partial charge in [-0.15, -0.1) is 0 Å². The maximum atomic E-state index is 13.0. The van der Waals surface area contributed by atoms with Crippen LogP contribution < -0.4 is 0 Å². The van der Waals surface area contributed by atoms with Crippen LogP contribution in [-0.4, -0.2) is 36.0 Å². The van der Waals surface area contributed by atoms with Crippen LogP contribution in [0.25, 0.3) is 0 Å². The predicted molar refractivity (Wildman–Crippen MR) is 116 cm³/mol. The summed E-state index contributed by atoms with van der Waals surface area (Å²) in [5, 5.41) is 0. The molecule has 5 aliphatic rings. The highest BCUT2D eigenvalue weighted by Crippen LogP contribution is 2.76. The second-order valence-electron chi connectivity index (χ2n) is 11.1. The van der Waals surface area contributed by atoms with E-state index in [0.717, 1.165) is 37.9 Å². The molecule has 0 radical (unpaired) electrons. The van der Waals surface area contributed by atoms with Gasteiger partial charge in [-0.2, -0.15) is 0 Å². The van der Waals surface area contributed by atoms with Gasteiger partial charge in [0.2, 0.25) is 0 Å². The smallest absolute Gasteiger partial charge is 0.307 e. The molecule has 0 aromatic carbocycles. The molecule has 2 saturated carbocycles. The molecule has 0 aromatic heterocycles. The Morgan fingerprint density at radius 1 is 1.12 bits per heavy atom. The highest BCUT2D eigenvalue weighted by Gasteiger charge is 2.79. The van der Waals surface area contributed by atoms with Gasteiger partial charge in [0.05, 0.1) is 6.10 Å². The fraction of sp³-hybridized carbons (Fsp3) is 0.731. The lowest BCUT2D eigenvalue weighted by molar-refractivity contribution is -0.148. The lowest BCUT2D eigenvalue weighted by Gasteiger charge is -2.56. The van der Waals surface area contributed by atoms with Gasteiger partial charge in [-0.25, -0.2) is 0 Å². The van der Waals surface area contributed by atoms with Crippen molar-refractivity contribution in [2.75, 3.05) is 6.61 Å². The zero-order valence-corrected chi connectivity index (χ0v) is 19.7. The number of ketones is 1. The molecule has 1 aliphatic heterocycles. The van der Waals surface area contributed by atoms with Crippen molar-refractivity contribution in [3.05, 3.63) is 23.5 Å². The van der Waals surface area contributed by atoms with Crippen molar-refractivity contribution >= 4 is 17.7 Å². The first-order chi connectivity index (χ1) is 15.0. The van der Waals surface area contributed by atoms with Gasteiger partial charge in [-0.3, -0.25) is 14.4 Å². The lowest BCUT2D eigenvalue weighted by Crippen LogP contribution is -2.58. The molecule has 5 rings (SSSR count). The number of carbonyl (C=O) groups is 3. The first-order valence-corrected chi connectivity index (χ1v) is 12.0. The number of Topliss-reactive ketones (excluding diaryl/α,β-unsaturated/α-hetero) is 1. The Morgan fingerprint density at radius 3 is 2.56 bits per heavy atom. The molecular weight excluding hydrogens is 408 g/mol. The van der Waals surface area contributed by atoms with Crippen molar-refractivity contribution < 1.29 is 28.6 Å². The van der Waals surface area contributed by atoms with Gasteiger partial charge in [0.25, 0.3) is 0 Å². The van der Waals surface area contributed by atoms with Gasteiger partial charge in [0.15, 0.2) is 5.78 Å². The number of allylic oxidation sites excluding steroid dienone is 3. The van der Waals surface area contributed by atoms with Crippen LogP contribution in [0.1, 0.15) is 66.7 Å². The monoisotopic (exact) mass is 442 g/mol. The van der Waals surface area contributed by atoms with Crippen molar-refractivity contribution in [2.24, 2.45) is 34.5 Å². The van der Waals surface area contributed by atoms with Crippen LogP contribution in [-0.2, 0) is 28.6 Å². The van der Waals surface area contributed by atoms with Gasteiger partial charge in [0, 0.05) is 31.6 Å². The van der Waals surface area contributed by atoms with Gasteiger partial charge in [0.1, 0.15) is 18.0 Å². The fourth-order valence-electron chi connectivity index (χ4n) is 8.19. The number of ether oxygens (including phenoxy) is 3. The molecular formula is C26H34O6. The number of rotatable bonds is 4. The first-order valence-electron chi connectivity index (χ1n) is 12.0. The van der Waals surface area contributed by atoms with E-state index in [2.05, 4.69) is 32.9 Å². The van der Waals surface area contributed by atoms with E-state index in [1.165, 1.54) is 19.4 Å². The molecule has 0 bridgehead atoms. The molecule has 174 valence electrons. The van der Waals surface area contributed by atoms with E-state index < -0.39 is 5.97 Å². The molecule has 0 amide bonds. The second kappa shape index (κ2) is 7.02. The molecule has 2 unspecified atom stereocenters. The van der Waals surface area contributed by atoms with Gasteiger partial charge in [-0.05, 0) is 60.5 Å². The van der Waals surface area contributed by atoms with E-state index in [-0.39, 0.29) is 52.7 Å².